The monoisotopic (exact) mass is 208 g/mol. The van der Waals surface area contributed by atoms with Crippen molar-refractivity contribution in [2.75, 3.05) is 19.6 Å². The highest BCUT2D eigenvalue weighted by Crippen LogP contribution is 2.50. The molecule has 0 radical (unpaired) electrons. The first-order chi connectivity index (χ1) is 7.00. The molecule has 0 spiro atoms. The molecule has 1 saturated heterocycles. The quantitative estimate of drug-likeness (QED) is 0.759. The van der Waals surface area contributed by atoms with Gasteiger partial charge in [-0.1, -0.05) is 13.8 Å². The minimum Gasteiger partial charge on any atom is -0.387 e. The summed E-state index contributed by atoms with van der Waals surface area (Å²) in [5, 5.41) is 18.8. The molecule has 0 unspecified atom stereocenters. The van der Waals surface area contributed by atoms with Gasteiger partial charge in [0.25, 0.3) is 0 Å². The molecule has 1 N–H and O–H groups in total. The van der Waals surface area contributed by atoms with E-state index >= 15 is 0 Å². The molecule has 0 bridgehead atoms. The van der Waals surface area contributed by atoms with Crippen LogP contribution in [0.4, 0.5) is 0 Å². The Kier molecular flexibility index (Phi) is 2.52. The SMILES string of the molecule is CC(C)C1(O)CN(CC2(CC#N)CC2)C1. The second-order valence-corrected chi connectivity index (χ2v) is 5.74. The zero-order chi connectivity index (χ0) is 11.1. The summed E-state index contributed by atoms with van der Waals surface area (Å²) >= 11 is 0. The first-order valence-electron chi connectivity index (χ1n) is 5.81. The fourth-order valence-corrected chi connectivity index (χ4v) is 2.41. The normalized spacial score (nSPS) is 27.1. The van der Waals surface area contributed by atoms with Gasteiger partial charge in [0.2, 0.25) is 0 Å². The number of hydrogen-bond acceptors (Lipinski definition) is 3. The third-order valence-corrected chi connectivity index (χ3v) is 4.04. The van der Waals surface area contributed by atoms with Crippen molar-refractivity contribution >= 4 is 0 Å². The van der Waals surface area contributed by atoms with Gasteiger partial charge in [-0.3, -0.25) is 4.90 Å². The highest BCUT2D eigenvalue weighted by Gasteiger charge is 2.50. The van der Waals surface area contributed by atoms with Crippen molar-refractivity contribution in [1.29, 1.82) is 5.26 Å². The van der Waals surface area contributed by atoms with Gasteiger partial charge < -0.3 is 5.11 Å². The molecule has 0 amide bonds. The maximum atomic E-state index is 10.1. The van der Waals surface area contributed by atoms with Gasteiger partial charge in [0.1, 0.15) is 0 Å². The topological polar surface area (TPSA) is 47.3 Å². The van der Waals surface area contributed by atoms with Crippen molar-refractivity contribution in [3.05, 3.63) is 0 Å². The van der Waals surface area contributed by atoms with E-state index in [9.17, 15) is 5.11 Å². The summed E-state index contributed by atoms with van der Waals surface area (Å²) in [6, 6.07) is 2.28. The lowest BCUT2D eigenvalue weighted by Gasteiger charge is -2.50. The Morgan fingerprint density at radius 3 is 2.40 bits per heavy atom. The molecule has 0 aromatic carbocycles. The Bertz CT molecular complexity index is 282. The number of nitriles is 1. The fourth-order valence-electron chi connectivity index (χ4n) is 2.41. The summed E-state index contributed by atoms with van der Waals surface area (Å²) in [4.78, 5) is 2.30. The van der Waals surface area contributed by atoms with Crippen molar-refractivity contribution in [1.82, 2.24) is 4.90 Å². The molecule has 1 saturated carbocycles. The van der Waals surface area contributed by atoms with E-state index < -0.39 is 5.60 Å². The van der Waals surface area contributed by atoms with Crippen LogP contribution < -0.4 is 0 Å². The maximum Gasteiger partial charge on any atom is 0.0922 e. The summed E-state index contributed by atoms with van der Waals surface area (Å²) in [5.41, 5.74) is -0.185. The van der Waals surface area contributed by atoms with E-state index in [0.717, 1.165) is 19.6 Å². The van der Waals surface area contributed by atoms with Gasteiger partial charge in [-0.2, -0.15) is 5.26 Å². The number of β-amino-alcohol motifs (C(OH)–C–C–N with tert-alkyl or cyclic N) is 1. The van der Waals surface area contributed by atoms with E-state index in [1.54, 1.807) is 0 Å². The molecule has 2 fully saturated rings. The van der Waals surface area contributed by atoms with Gasteiger partial charge in [0.05, 0.1) is 11.7 Å². The van der Waals surface area contributed by atoms with Crippen molar-refractivity contribution in [2.45, 2.75) is 38.7 Å². The van der Waals surface area contributed by atoms with Crippen LogP contribution in [-0.4, -0.2) is 35.2 Å². The number of hydrogen-bond donors (Lipinski definition) is 1. The molecule has 84 valence electrons. The fraction of sp³-hybridized carbons (Fsp3) is 0.917. The van der Waals surface area contributed by atoms with Crippen molar-refractivity contribution in [2.24, 2.45) is 11.3 Å². The Balaban J connectivity index is 1.79. The average molecular weight is 208 g/mol. The van der Waals surface area contributed by atoms with Crippen LogP contribution in [0.1, 0.15) is 33.1 Å². The first kappa shape index (κ1) is 10.9. The van der Waals surface area contributed by atoms with E-state index in [-0.39, 0.29) is 5.41 Å². The standard InChI is InChI=1S/C12H20N2O/c1-10(2)12(15)8-14(9-12)7-11(3-4-11)5-6-13/h10,15H,3-5,7-9H2,1-2H3. The summed E-state index contributed by atoms with van der Waals surface area (Å²) < 4.78 is 0. The van der Waals surface area contributed by atoms with Crippen LogP contribution in [0.2, 0.25) is 0 Å². The van der Waals surface area contributed by atoms with Crippen LogP contribution in [0, 0.1) is 22.7 Å². The molecule has 15 heavy (non-hydrogen) atoms. The van der Waals surface area contributed by atoms with E-state index in [1.807, 2.05) is 0 Å². The van der Waals surface area contributed by atoms with Crippen LogP contribution in [-0.2, 0) is 0 Å². The largest absolute Gasteiger partial charge is 0.387 e. The maximum absolute atomic E-state index is 10.1. The molecule has 1 aliphatic carbocycles. The molecular formula is C12H20N2O. The van der Waals surface area contributed by atoms with Gasteiger partial charge in [-0.25, -0.2) is 0 Å². The van der Waals surface area contributed by atoms with E-state index in [2.05, 4.69) is 24.8 Å². The Morgan fingerprint density at radius 1 is 1.40 bits per heavy atom. The Morgan fingerprint density at radius 2 is 2.00 bits per heavy atom. The van der Waals surface area contributed by atoms with Crippen molar-refractivity contribution in [3.8, 4) is 6.07 Å². The minimum atomic E-state index is -0.470. The second-order valence-electron chi connectivity index (χ2n) is 5.74. The number of aliphatic hydroxyl groups is 1. The summed E-state index contributed by atoms with van der Waals surface area (Å²) in [6.07, 6.45) is 3.07. The number of rotatable bonds is 4. The minimum absolute atomic E-state index is 0.285. The number of likely N-dealkylation sites (tertiary alicyclic amines) is 1. The molecule has 0 aromatic heterocycles. The predicted molar refractivity (Wildman–Crippen MR) is 58.1 cm³/mol. The van der Waals surface area contributed by atoms with Crippen molar-refractivity contribution < 1.29 is 5.11 Å². The van der Waals surface area contributed by atoms with Gasteiger partial charge in [0, 0.05) is 26.1 Å². The smallest absolute Gasteiger partial charge is 0.0922 e. The molecule has 2 rings (SSSR count). The molecular weight excluding hydrogens is 188 g/mol. The molecule has 3 heteroatoms. The van der Waals surface area contributed by atoms with Gasteiger partial charge in [-0.05, 0) is 24.2 Å². The molecule has 0 atom stereocenters. The molecule has 0 aromatic rings. The zero-order valence-electron chi connectivity index (χ0n) is 9.66. The van der Waals surface area contributed by atoms with E-state index in [4.69, 9.17) is 5.26 Å². The lowest BCUT2D eigenvalue weighted by Crippen LogP contribution is -2.65. The zero-order valence-corrected chi connectivity index (χ0v) is 9.66. The molecule has 1 aliphatic heterocycles. The van der Waals surface area contributed by atoms with Crippen molar-refractivity contribution in [3.63, 3.8) is 0 Å². The first-order valence-corrected chi connectivity index (χ1v) is 5.81. The highest BCUT2D eigenvalue weighted by atomic mass is 16.3. The van der Waals surface area contributed by atoms with Crippen LogP contribution in [0.15, 0.2) is 0 Å². The van der Waals surface area contributed by atoms with Crippen LogP contribution in [0.3, 0.4) is 0 Å². The van der Waals surface area contributed by atoms with Gasteiger partial charge >= 0.3 is 0 Å². The van der Waals surface area contributed by atoms with Crippen LogP contribution >= 0.6 is 0 Å². The Hall–Kier alpha value is -0.590. The molecule has 2 aliphatic rings. The third kappa shape index (κ3) is 2.02. The summed E-state index contributed by atoms with van der Waals surface area (Å²) in [5.74, 6) is 0.333. The summed E-state index contributed by atoms with van der Waals surface area (Å²) in [6.45, 7) is 6.73. The summed E-state index contributed by atoms with van der Waals surface area (Å²) in [7, 11) is 0. The lowest BCUT2D eigenvalue weighted by atomic mass is 9.82. The van der Waals surface area contributed by atoms with Crippen LogP contribution in [0.25, 0.3) is 0 Å². The predicted octanol–water partition coefficient (Wildman–Crippen LogP) is 1.38. The Labute approximate surface area is 91.7 Å². The van der Waals surface area contributed by atoms with Gasteiger partial charge in [-0.15, -0.1) is 0 Å². The lowest BCUT2D eigenvalue weighted by molar-refractivity contribution is -0.132. The molecule has 1 heterocycles. The van der Waals surface area contributed by atoms with Gasteiger partial charge in [0.15, 0.2) is 0 Å². The van der Waals surface area contributed by atoms with E-state index in [0.29, 0.717) is 12.3 Å². The van der Waals surface area contributed by atoms with Crippen LogP contribution in [0.5, 0.6) is 0 Å². The number of nitrogens with zero attached hydrogens (tertiary/aromatic N) is 2. The molecule has 3 nitrogen and oxygen atoms in total. The van der Waals surface area contributed by atoms with E-state index in [1.165, 1.54) is 12.8 Å². The average Bonchev–Trinajstić information content (AvgIpc) is 2.82. The highest BCUT2D eigenvalue weighted by molar-refractivity contribution is 5.06. The third-order valence-electron chi connectivity index (χ3n) is 4.04. The second kappa shape index (κ2) is 3.47.